The molecule has 2 rings (SSSR count). The van der Waals surface area contributed by atoms with E-state index in [1.54, 1.807) is 26.0 Å². The Bertz CT molecular complexity index is 734. The second kappa shape index (κ2) is 6.01. The fourth-order valence-corrected chi connectivity index (χ4v) is 3.55. The van der Waals surface area contributed by atoms with E-state index in [2.05, 4.69) is 4.72 Å². The van der Waals surface area contributed by atoms with Crippen LogP contribution in [-0.4, -0.2) is 13.5 Å². The molecular weight excluding hydrogens is 290 g/mol. The summed E-state index contributed by atoms with van der Waals surface area (Å²) in [6.07, 6.45) is 0. The molecule has 0 aliphatic carbocycles. The SMILES string of the molecule is Cc1cc(C(C)NS(=O)(=O)c2cccc(CO)c2)c(C)o1. The highest BCUT2D eigenvalue weighted by Gasteiger charge is 2.21. The van der Waals surface area contributed by atoms with Gasteiger partial charge in [0.05, 0.1) is 11.5 Å². The lowest BCUT2D eigenvalue weighted by molar-refractivity contribution is 0.281. The summed E-state index contributed by atoms with van der Waals surface area (Å²) >= 11 is 0. The van der Waals surface area contributed by atoms with Gasteiger partial charge >= 0.3 is 0 Å². The van der Waals surface area contributed by atoms with E-state index in [1.165, 1.54) is 12.1 Å². The van der Waals surface area contributed by atoms with Crippen LogP contribution in [0.25, 0.3) is 0 Å². The Morgan fingerprint density at radius 2 is 2.00 bits per heavy atom. The van der Waals surface area contributed by atoms with E-state index < -0.39 is 16.1 Å². The Morgan fingerprint density at radius 1 is 1.29 bits per heavy atom. The number of hydrogen-bond donors (Lipinski definition) is 2. The van der Waals surface area contributed by atoms with Crippen LogP contribution in [0.3, 0.4) is 0 Å². The molecule has 2 N–H and O–H groups in total. The largest absolute Gasteiger partial charge is 0.466 e. The molecule has 0 saturated carbocycles. The number of aliphatic hydroxyl groups excluding tert-OH is 1. The molecule has 0 fully saturated rings. The maximum absolute atomic E-state index is 12.4. The Kier molecular flexibility index (Phi) is 4.51. The van der Waals surface area contributed by atoms with Crippen LogP contribution in [0.4, 0.5) is 0 Å². The molecule has 0 spiro atoms. The normalized spacial score (nSPS) is 13.3. The number of aryl methyl sites for hydroxylation is 2. The average Bonchev–Trinajstić information content (AvgIpc) is 2.77. The molecule has 21 heavy (non-hydrogen) atoms. The van der Waals surface area contributed by atoms with Gasteiger partial charge in [0, 0.05) is 11.6 Å². The number of benzene rings is 1. The van der Waals surface area contributed by atoms with Crippen LogP contribution in [0.5, 0.6) is 0 Å². The van der Waals surface area contributed by atoms with Crippen molar-refractivity contribution in [3.63, 3.8) is 0 Å². The van der Waals surface area contributed by atoms with Crippen molar-refractivity contribution in [2.45, 2.75) is 38.3 Å². The zero-order valence-corrected chi connectivity index (χ0v) is 13.1. The summed E-state index contributed by atoms with van der Waals surface area (Å²) in [6.45, 7) is 5.20. The Hall–Kier alpha value is -1.63. The molecule has 0 aliphatic heterocycles. The van der Waals surface area contributed by atoms with Crippen LogP contribution in [0.2, 0.25) is 0 Å². The van der Waals surface area contributed by atoms with Crippen molar-refractivity contribution in [1.82, 2.24) is 4.72 Å². The first-order valence-corrected chi connectivity index (χ1v) is 8.11. The Morgan fingerprint density at radius 3 is 2.57 bits per heavy atom. The van der Waals surface area contributed by atoms with E-state index in [1.807, 2.05) is 13.0 Å². The summed E-state index contributed by atoms with van der Waals surface area (Å²) in [5.41, 5.74) is 1.37. The van der Waals surface area contributed by atoms with Gasteiger partial charge in [0.15, 0.2) is 0 Å². The molecule has 1 atom stereocenters. The third-order valence-electron chi connectivity index (χ3n) is 3.27. The summed E-state index contributed by atoms with van der Waals surface area (Å²) in [7, 11) is -3.65. The van der Waals surface area contributed by atoms with Crippen molar-refractivity contribution >= 4 is 10.0 Å². The lowest BCUT2D eigenvalue weighted by Gasteiger charge is -2.14. The minimum atomic E-state index is -3.65. The quantitative estimate of drug-likeness (QED) is 0.889. The summed E-state index contributed by atoms with van der Waals surface area (Å²) in [5, 5.41) is 9.10. The fraction of sp³-hybridized carbons (Fsp3) is 0.333. The van der Waals surface area contributed by atoms with Gasteiger partial charge in [-0.3, -0.25) is 0 Å². The predicted molar refractivity (Wildman–Crippen MR) is 79.3 cm³/mol. The second-order valence-electron chi connectivity index (χ2n) is 5.02. The van der Waals surface area contributed by atoms with Gasteiger partial charge in [-0.05, 0) is 44.5 Å². The molecule has 0 aliphatic rings. The van der Waals surface area contributed by atoms with Crippen LogP contribution in [0.15, 0.2) is 39.6 Å². The lowest BCUT2D eigenvalue weighted by atomic mass is 10.1. The molecule has 1 heterocycles. The molecule has 0 saturated heterocycles. The molecule has 0 radical (unpaired) electrons. The second-order valence-corrected chi connectivity index (χ2v) is 6.73. The van der Waals surface area contributed by atoms with Gasteiger partial charge in [-0.25, -0.2) is 13.1 Å². The standard InChI is InChI=1S/C15H19NO4S/c1-10-7-15(12(3)20-10)11(2)16-21(18,19)14-6-4-5-13(8-14)9-17/h4-8,11,16-17H,9H2,1-3H3. The molecule has 1 unspecified atom stereocenters. The van der Waals surface area contributed by atoms with E-state index in [0.717, 1.165) is 11.3 Å². The molecule has 0 bridgehead atoms. The summed E-state index contributed by atoms with van der Waals surface area (Å²) in [5.74, 6) is 1.45. The van der Waals surface area contributed by atoms with Crippen molar-refractivity contribution in [2.75, 3.05) is 0 Å². The van der Waals surface area contributed by atoms with Gasteiger partial charge in [-0.2, -0.15) is 0 Å². The number of sulfonamides is 1. The maximum atomic E-state index is 12.4. The maximum Gasteiger partial charge on any atom is 0.241 e. The highest BCUT2D eigenvalue weighted by Crippen LogP contribution is 2.23. The smallest absolute Gasteiger partial charge is 0.241 e. The molecule has 114 valence electrons. The first-order chi connectivity index (χ1) is 9.83. The minimum Gasteiger partial charge on any atom is -0.466 e. The first-order valence-electron chi connectivity index (χ1n) is 6.62. The van der Waals surface area contributed by atoms with Crippen molar-refractivity contribution in [1.29, 1.82) is 0 Å². The number of nitrogens with one attached hydrogen (secondary N) is 1. The van der Waals surface area contributed by atoms with E-state index in [9.17, 15) is 8.42 Å². The molecule has 1 aromatic heterocycles. The van der Waals surface area contributed by atoms with Crippen molar-refractivity contribution in [2.24, 2.45) is 0 Å². The highest BCUT2D eigenvalue weighted by atomic mass is 32.2. The third kappa shape index (κ3) is 3.53. The van der Waals surface area contributed by atoms with Crippen molar-refractivity contribution in [3.8, 4) is 0 Å². The topological polar surface area (TPSA) is 79.5 Å². The number of furan rings is 1. The van der Waals surface area contributed by atoms with Crippen molar-refractivity contribution in [3.05, 3.63) is 53.0 Å². The molecule has 0 amide bonds. The molecule has 1 aromatic carbocycles. The average molecular weight is 309 g/mol. The monoisotopic (exact) mass is 309 g/mol. The van der Waals surface area contributed by atoms with Gasteiger partial charge in [0.1, 0.15) is 11.5 Å². The zero-order valence-electron chi connectivity index (χ0n) is 12.3. The van der Waals surface area contributed by atoms with E-state index in [-0.39, 0.29) is 11.5 Å². The Balaban J connectivity index is 2.26. The fourth-order valence-electron chi connectivity index (χ4n) is 2.26. The zero-order chi connectivity index (χ0) is 15.6. The number of rotatable bonds is 5. The van der Waals surface area contributed by atoms with Gasteiger partial charge < -0.3 is 9.52 Å². The van der Waals surface area contributed by atoms with Gasteiger partial charge in [-0.1, -0.05) is 12.1 Å². The van der Waals surface area contributed by atoms with Gasteiger partial charge in [0.2, 0.25) is 10.0 Å². The molecule has 5 nitrogen and oxygen atoms in total. The minimum absolute atomic E-state index is 0.138. The van der Waals surface area contributed by atoms with Crippen molar-refractivity contribution < 1.29 is 17.9 Å². The van der Waals surface area contributed by atoms with E-state index >= 15 is 0 Å². The van der Waals surface area contributed by atoms with Crippen LogP contribution < -0.4 is 4.72 Å². The van der Waals surface area contributed by atoms with Crippen LogP contribution in [0.1, 0.15) is 35.6 Å². The number of hydrogen-bond acceptors (Lipinski definition) is 4. The first kappa shape index (κ1) is 15.8. The summed E-state index contributed by atoms with van der Waals surface area (Å²) in [6, 6.07) is 7.67. The predicted octanol–water partition coefficient (Wildman–Crippen LogP) is 2.43. The molecule has 6 heteroatoms. The third-order valence-corrected chi connectivity index (χ3v) is 4.81. The van der Waals surface area contributed by atoms with E-state index in [4.69, 9.17) is 9.52 Å². The van der Waals surface area contributed by atoms with Gasteiger partial charge in [0.25, 0.3) is 0 Å². The summed E-state index contributed by atoms with van der Waals surface area (Å²) in [4.78, 5) is 0.138. The van der Waals surface area contributed by atoms with Crippen LogP contribution in [0, 0.1) is 13.8 Å². The van der Waals surface area contributed by atoms with Gasteiger partial charge in [-0.15, -0.1) is 0 Å². The van der Waals surface area contributed by atoms with Crippen LogP contribution in [-0.2, 0) is 16.6 Å². The number of aliphatic hydroxyl groups is 1. The van der Waals surface area contributed by atoms with Crippen LogP contribution >= 0.6 is 0 Å². The molecule has 2 aromatic rings. The highest BCUT2D eigenvalue weighted by molar-refractivity contribution is 7.89. The summed E-state index contributed by atoms with van der Waals surface area (Å²) < 4.78 is 32.8. The Labute approximate surface area is 124 Å². The van der Waals surface area contributed by atoms with E-state index in [0.29, 0.717) is 11.3 Å². The molecular formula is C15H19NO4S. The lowest BCUT2D eigenvalue weighted by Crippen LogP contribution is -2.27.